The fourth-order valence-electron chi connectivity index (χ4n) is 3.03. The van der Waals surface area contributed by atoms with Crippen molar-refractivity contribution in [3.05, 3.63) is 47.0 Å². The second-order valence-corrected chi connectivity index (χ2v) is 5.69. The smallest absolute Gasteiger partial charge is 0.163 e. The number of hydrogen-bond acceptors (Lipinski definition) is 3. The molecule has 3 heteroatoms. The maximum Gasteiger partial charge on any atom is 0.163 e. The molecule has 22 heavy (non-hydrogen) atoms. The minimum Gasteiger partial charge on any atom is -0.508 e. The highest BCUT2D eigenvalue weighted by Gasteiger charge is 2.24. The van der Waals surface area contributed by atoms with Crippen LogP contribution in [-0.4, -0.2) is 17.5 Å². The molecule has 0 bridgehead atoms. The SMILES string of the molecule is CCCOc1c(-c2cccc3c2CCC3=O)ccc(O)c1C. The summed E-state index contributed by atoms with van der Waals surface area (Å²) < 4.78 is 5.89. The van der Waals surface area contributed by atoms with Crippen molar-refractivity contribution in [1.29, 1.82) is 0 Å². The van der Waals surface area contributed by atoms with E-state index in [0.29, 0.717) is 13.0 Å². The molecule has 0 aliphatic heterocycles. The highest BCUT2D eigenvalue weighted by molar-refractivity contribution is 6.02. The van der Waals surface area contributed by atoms with Crippen molar-refractivity contribution in [2.75, 3.05) is 6.61 Å². The topological polar surface area (TPSA) is 46.5 Å². The maximum absolute atomic E-state index is 12.0. The Morgan fingerprint density at radius 3 is 2.64 bits per heavy atom. The van der Waals surface area contributed by atoms with Crippen molar-refractivity contribution in [2.24, 2.45) is 0 Å². The monoisotopic (exact) mass is 296 g/mol. The van der Waals surface area contributed by atoms with Crippen LogP contribution < -0.4 is 4.74 Å². The van der Waals surface area contributed by atoms with Crippen LogP contribution in [0.5, 0.6) is 11.5 Å². The fraction of sp³-hybridized carbons (Fsp3) is 0.316. The van der Waals surface area contributed by atoms with Gasteiger partial charge in [-0.3, -0.25) is 4.79 Å². The molecule has 0 saturated carbocycles. The van der Waals surface area contributed by atoms with Gasteiger partial charge in [0.05, 0.1) is 6.61 Å². The van der Waals surface area contributed by atoms with Gasteiger partial charge in [-0.25, -0.2) is 0 Å². The number of hydrogen-bond donors (Lipinski definition) is 1. The van der Waals surface area contributed by atoms with E-state index in [0.717, 1.165) is 46.4 Å². The Labute approximate surface area is 130 Å². The highest BCUT2D eigenvalue weighted by atomic mass is 16.5. The molecule has 2 aromatic carbocycles. The molecule has 0 amide bonds. The summed E-state index contributed by atoms with van der Waals surface area (Å²) in [6, 6.07) is 9.42. The number of aromatic hydroxyl groups is 1. The van der Waals surface area contributed by atoms with Gasteiger partial charge in [-0.15, -0.1) is 0 Å². The lowest BCUT2D eigenvalue weighted by atomic mass is 9.94. The second-order valence-electron chi connectivity index (χ2n) is 5.69. The second kappa shape index (κ2) is 5.84. The number of benzene rings is 2. The van der Waals surface area contributed by atoms with Gasteiger partial charge in [0, 0.05) is 23.1 Å². The van der Waals surface area contributed by atoms with E-state index in [2.05, 4.69) is 6.92 Å². The molecule has 0 fully saturated rings. The molecular formula is C19H20O3. The minimum atomic E-state index is 0.211. The zero-order valence-corrected chi connectivity index (χ0v) is 13.0. The van der Waals surface area contributed by atoms with Crippen LogP contribution in [0.3, 0.4) is 0 Å². The molecule has 1 aliphatic carbocycles. The molecule has 0 radical (unpaired) electrons. The Morgan fingerprint density at radius 2 is 1.86 bits per heavy atom. The van der Waals surface area contributed by atoms with Crippen LogP contribution >= 0.6 is 0 Å². The summed E-state index contributed by atoms with van der Waals surface area (Å²) in [7, 11) is 0. The first kappa shape index (κ1) is 14.6. The van der Waals surface area contributed by atoms with Crippen LogP contribution in [0.4, 0.5) is 0 Å². The fourth-order valence-corrected chi connectivity index (χ4v) is 3.03. The normalized spacial score (nSPS) is 13.3. The third-order valence-corrected chi connectivity index (χ3v) is 4.20. The average Bonchev–Trinajstić information content (AvgIpc) is 2.90. The van der Waals surface area contributed by atoms with Crippen LogP contribution in [-0.2, 0) is 6.42 Å². The number of Topliss-reactive ketones (excluding diaryl/α,β-unsaturated/α-hetero) is 1. The van der Waals surface area contributed by atoms with Gasteiger partial charge in [-0.1, -0.05) is 25.1 Å². The number of carbonyl (C=O) groups excluding carboxylic acids is 1. The van der Waals surface area contributed by atoms with Crippen LogP contribution in [0.1, 0.15) is 41.3 Å². The predicted octanol–water partition coefficient (Wildman–Crippen LogP) is 4.29. The summed E-state index contributed by atoms with van der Waals surface area (Å²) in [6.45, 7) is 4.51. The summed E-state index contributed by atoms with van der Waals surface area (Å²) >= 11 is 0. The number of ketones is 1. The molecular weight excluding hydrogens is 276 g/mol. The highest BCUT2D eigenvalue weighted by Crippen LogP contribution is 2.41. The van der Waals surface area contributed by atoms with Gasteiger partial charge in [0.1, 0.15) is 11.5 Å². The van der Waals surface area contributed by atoms with E-state index in [9.17, 15) is 9.90 Å². The van der Waals surface area contributed by atoms with Crippen molar-refractivity contribution in [1.82, 2.24) is 0 Å². The molecule has 0 saturated heterocycles. The quantitative estimate of drug-likeness (QED) is 0.915. The van der Waals surface area contributed by atoms with Crippen LogP contribution in [0.15, 0.2) is 30.3 Å². The van der Waals surface area contributed by atoms with Gasteiger partial charge in [-0.2, -0.15) is 0 Å². The molecule has 1 N–H and O–H groups in total. The van der Waals surface area contributed by atoms with Crippen LogP contribution in [0.2, 0.25) is 0 Å². The standard InChI is InChI=1S/C19H20O3/c1-3-11-22-19-12(2)17(20)9-8-16(19)13-5-4-6-15-14(13)7-10-18(15)21/h4-6,8-9,20H,3,7,10-11H2,1-2H3. The molecule has 3 nitrogen and oxygen atoms in total. The zero-order valence-electron chi connectivity index (χ0n) is 13.0. The summed E-state index contributed by atoms with van der Waals surface area (Å²) in [5.41, 5.74) is 4.66. The molecule has 1 aliphatic rings. The Hall–Kier alpha value is -2.29. The van der Waals surface area contributed by atoms with E-state index in [1.54, 1.807) is 6.07 Å². The number of phenolic OH excluding ortho intramolecular Hbond substituents is 1. The Morgan fingerprint density at radius 1 is 1.09 bits per heavy atom. The lowest BCUT2D eigenvalue weighted by Gasteiger charge is -2.17. The molecule has 0 heterocycles. The number of rotatable bonds is 4. The molecule has 0 unspecified atom stereocenters. The third-order valence-electron chi connectivity index (χ3n) is 4.20. The van der Waals surface area contributed by atoms with Crippen molar-refractivity contribution in [3.8, 4) is 22.6 Å². The van der Waals surface area contributed by atoms with Gasteiger partial charge in [0.2, 0.25) is 0 Å². The molecule has 2 aromatic rings. The molecule has 0 spiro atoms. The first-order chi connectivity index (χ1) is 10.6. The number of fused-ring (bicyclic) bond motifs is 1. The molecule has 114 valence electrons. The van der Waals surface area contributed by atoms with Crippen molar-refractivity contribution in [2.45, 2.75) is 33.1 Å². The first-order valence-corrected chi connectivity index (χ1v) is 7.74. The third kappa shape index (κ3) is 2.37. The summed E-state index contributed by atoms with van der Waals surface area (Å²) in [6.07, 6.45) is 2.26. The molecule has 0 aromatic heterocycles. The van der Waals surface area contributed by atoms with E-state index in [1.165, 1.54) is 0 Å². The first-order valence-electron chi connectivity index (χ1n) is 7.74. The van der Waals surface area contributed by atoms with Crippen molar-refractivity contribution in [3.63, 3.8) is 0 Å². The van der Waals surface area contributed by atoms with E-state index in [1.807, 2.05) is 31.2 Å². The van der Waals surface area contributed by atoms with E-state index in [4.69, 9.17) is 4.74 Å². The van der Waals surface area contributed by atoms with Crippen molar-refractivity contribution < 1.29 is 14.6 Å². The van der Waals surface area contributed by atoms with Gasteiger partial charge in [-0.05, 0) is 43.0 Å². The lowest BCUT2D eigenvalue weighted by molar-refractivity contribution is 0.0994. The van der Waals surface area contributed by atoms with E-state index < -0.39 is 0 Å². The Balaban J connectivity index is 2.17. The molecule has 0 atom stereocenters. The predicted molar refractivity (Wildman–Crippen MR) is 86.7 cm³/mol. The number of phenols is 1. The largest absolute Gasteiger partial charge is 0.508 e. The van der Waals surface area contributed by atoms with Gasteiger partial charge < -0.3 is 9.84 Å². The Kier molecular flexibility index (Phi) is 3.88. The van der Waals surface area contributed by atoms with Gasteiger partial charge >= 0.3 is 0 Å². The summed E-state index contributed by atoms with van der Waals surface area (Å²) in [5, 5.41) is 9.97. The number of carbonyl (C=O) groups is 1. The van der Waals surface area contributed by atoms with Crippen LogP contribution in [0.25, 0.3) is 11.1 Å². The van der Waals surface area contributed by atoms with Gasteiger partial charge in [0.25, 0.3) is 0 Å². The van der Waals surface area contributed by atoms with E-state index >= 15 is 0 Å². The van der Waals surface area contributed by atoms with Crippen molar-refractivity contribution >= 4 is 5.78 Å². The summed E-state index contributed by atoms with van der Waals surface area (Å²) in [4.78, 5) is 12.0. The Bertz CT molecular complexity index is 732. The summed E-state index contributed by atoms with van der Waals surface area (Å²) in [5.74, 6) is 1.16. The minimum absolute atomic E-state index is 0.211. The molecule has 3 rings (SSSR count). The average molecular weight is 296 g/mol. The van der Waals surface area contributed by atoms with Crippen LogP contribution in [0, 0.1) is 6.92 Å². The van der Waals surface area contributed by atoms with Gasteiger partial charge in [0.15, 0.2) is 5.78 Å². The number of ether oxygens (including phenoxy) is 1. The maximum atomic E-state index is 12.0. The zero-order chi connectivity index (χ0) is 15.7. The van der Waals surface area contributed by atoms with E-state index in [-0.39, 0.29) is 11.5 Å². The lowest BCUT2D eigenvalue weighted by Crippen LogP contribution is -2.01.